The van der Waals surface area contributed by atoms with Crippen LogP contribution in [0.1, 0.15) is 14.0 Å². The normalized spacial score (nSPS) is 32.5. The second kappa shape index (κ2) is 4.24. The Hall–Kier alpha value is -2.01. The molecule has 3 rings (SSSR count). The summed E-state index contributed by atoms with van der Waals surface area (Å²) in [7, 11) is 0. The molecule has 108 valence electrons. The summed E-state index contributed by atoms with van der Waals surface area (Å²) in [6, 6.07) is 0. The van der Waals surface area contributed by atoms with Gasteiger partial charge in [0.1, 0.15) is 0 Å². The zero-order chi connectivity index (χ0) is 15.4. The summed E-state index contributed by atoms with van der Waals surface area (Å²) in [6.07, 6.45) is -1.04. The summed E-state index contributed by atoms with van der Waals surface area (Å²) >= 11 is 0. The molecule has 1 saturated heterocycles. The van der Waals surface area contributed by atoms with E-state index in [9.17, 15) is 15.0 Å². The molecule has 3 heterocycles. The Bertz CT molecular complexity index is 741. The first-order valence-corrected chi connectivity index (χ1v) is 5.79. The highest BCUT2D eigenvalue weighted by atomic mass is 16.5. The van der Waals surface area contributed by atoms with Crippen LogP contribution in [0.2, 0.25) is 0 Å². The average molecular weight is 283 g/mol. The van der Waals surface area contributed by atoms with E-state index in [1.807, 2.05) is 0 Å². The van der Waals surface area contributed by atoms with Crippen LogP contribution in [0.3, 0.4) is 0 Å². The molecular formula is C10H14N6O4. The van der Waals surface area contributed by atoms with Crippen molar-refractivity contribution in [2.75, 3.05) is 12.3 Å². The van der Waals surface area contributed by atoms with Gasteiger partial charge in [0.25, 0.3) is 5.56 Å². The van der Waals surface area contributed by atoms with Crippen molar-refractivity contribution in [1.29, 1.82) is 0 Å². The number of aromatic amines is 1. The number of ether oxygens (including phenoxy) is 1. The zero-order valence-corrected chi connectivity index (χ0v) is 10.2. The first kappa shape index (κ1) is 11.8. The fourth-order valence-corrected chi connectivity index (χ4v) is 2.26. The SMILES string of the molecule is [2H]C(O)[C@@H]1C[C@@](N)(O)[C@H](n2cnc3c(=O)[nH]c(N)nc32)O1. The van der Waals surface area contributed by atoms with Crippen molar-refractivity contribution in [3.8, 4) is 0 Å². The number of nitrogen functional groups attached to an aromatic ring is 1. The lowest BCUT2D eigenvalue weighted by Crippen LogP contribution is -2.44. The maximum Gasteiger partial charge on any atom is 0.280 e. The van der Waals surface area contributed by atoms with Gasteiger partial charge in [0.05, 0.1) is 20.4 Å². The summed E-state index contributed by atoms with van der Waals surface area (Å²) in [4.78, 5) is 21.8. The van der Waals surface area contributed by atoms with E-state index >= 15 is 0 Å². The molecule has 1 unspecified atom stereocenters. The van der Waals surface area contributed by atoms with Gasteiger partial charge in [-0.05, 0) is 0 Å². The molecule has 0 bridgehead atoms. The maximum atomic E-state index is 11.7. The number of imidazole rings is 1. The van der Waals surface area contributed by atoms with Gasteiger partial charge in [-0.2, -0.15) is 4.98 Å². The summed E-state index contributed by atoms with van der Waals surface area (Å²) < 4.78 is 13.9. The van der Waals surface area contributed by atoms with Crippen LogP contribution in [0.4, 0.5) is 5.95 Å². The Morgan fingerprint density at radius 1 is 1.75 bits per heavy atom. The van der Waals surface area contributed by atoms with Gasteiger partial charge in [-0.25, -0.2) is 4.98 Å². The predicted molar refractivity (Wildman–Crippen MR) is 67.3 cm³/mol. The van der Waals surface area contributed by atoms with Crippen molar-refractivity contribution < 1.29 is 16.3 Å². The molecule has 0 saturated carbocycles. The van der Waals surface area contributed by atoms with Gasteiger partial charge in [0.2, 0.25) is 5.95 Å². The van der Waals surface area contributed by atoms with E-state index in [0.29, 0.717) is 0 Å². The van der Waals surface area contributed by atoms with E-state index in [1.165, 1.54) is 10.9 Å². The maximum absolute atomic E-state index is 11.7. The fraction of sp³-hybridized carbons (Fsp3) is 0.500. The summed E-state index contributed by atoms with van der Waals surface area (Å²) in [6.45, 7) is -1.55. The molecule has 1 aliphatic heterocycles. The summed E-state index contributed by atoms with van der Waals surface area (Å²) in [5.41, 5.74) is 8.95. The van der Waals surface area contributed by atoms with Crippen LogP contribution in [-0.2, 0) is 4.74 Å². The first-order chi connectivity index (χ1) is 9.79. The monoisotopic (exact) mass is 283 g/mol. The molecule has 0 aromatic carbocycles. The Balaban J connectivity index is 2.10. The average Bonchev–Trinajstić information content (AvgIpc) is 2.89. The number of H-pyrrole nitrogens is 1. The molecule has 1 aliphatic rings. The van der Waals surface area contributed by atoms with Crippen LogP contribution in [0.25, 0.3) is 11.2 Å². The standard InChI is InChI=1S/C10H14N6O4/c11-9-14-6-5(7(18)15-9)13-3-16(6)8-10(12,19)1-4(2-17)20-8/h3-4,8,17,19H,1-2,12H2,(H3,11,14,15,18)/t4-,8+,10+/m0/s1/i2D/t2?,4-,8+,10+. The van der Waals surface area contributed by atoms with Crippen molar-refractivity contribution in [2.24, 2.45) is 5.73 Å². The van der Waals surface area contributed by atoms with Gasteiger partial charge in [-0.1, -0.05) is 0 Å². The molecule has 2 aromatic heterocycles. The molecule has 0 aliphatic carbocycles. The molecular weight excluding hydrogens is 268 g/mol. The number of fused-ring (bicyclic) bond motifs is 1. The van der Waals surface area contributed by atoms with Crippen LogP contribution in [0.5, 0.6) is 0 Å². The number of nitrogens with one attached hydrogen (secondary N) is 1. The quantitative estimate of drug-likeness (QED) is 0.381. The fourth-order valence-electron chi connectivity index (χ4n) is 2.26. The van der Waals surface area contributed by atoms with E-state index in [4.69, 9.17) is 17.6 Å². The Morgan fingerprint density at radius 3 is 3.15 bits per heavy atom. The van der Waals surface area contributed by atoms with Crippen LogP contribution < -0.4 is 17.0 Å². The molecule has 10 heteroatoms. The second-order valence-corrected chi connectivity index (χ2v) is 4.65. The Morgan fingerprint density at radius 2 is 2.50 bits per heavy atom. The predicted octanol–water partition coefficient (Wildman–Crippen LogP) is -2.37. The van der Waals surface area contributed by atoms with Crippen LogP contribution >= 0.6 is 0 Å². The highest BCUT2D eigenvalue weighted by Crippen LogP contribution is 2.35. The Kier molecular flexibility index (Phi) is 2.50. The van der Waals surface area contributed by atoms with Crippen LogP contribution in [0, 0.1) is 0 Å². The number of anilines is 1. The van der Waals surface area contributed by atoms with E-state index in [-0.39, 0.29) is 23.5 Å². The molecule has 0 radical (unpaired) electrons. The highest BCUT2D eigenvalue weighted by molar-refractivity contribution is 5.70. The molecule has 1 fully saturated rings. The van der Waals surface area contributed by atoms with Crippen molar-refractivity contribution in [2.45, 2.75) is 24.5 Å². The molecule has 7 N–H and O–H groups in total. The number of hydrogen-bond acceptors (Lipinski definition) is 8. The number of aliphatic hydroxyl groups excluding tert-OH is 1. The largest absolute Gasteiger partial charge is 0.394 e. The van der Waals surface area contributed by atoms with E-state index in [0.717, 1.165) is 0 Å². The number of rotatable bonds is 2. The number of nitrogens with zero attached hydrogens (tertiary/aromatic N) is 3. The third kappa shape index (κ3) is 1.86. The lowest BCUT2D eigenvalue weighted by molar-refractivity contribution is -0.0910. The highest BCUT2D eigenvalue weighted by Gasteiger charge is 2.46. The smallest absolute Gasteiger partial charge is 0.280 e. The van der Waals surface area contributed by atoms with Gasteiger partial charge in [0.15, 0.2) is 23.1 Å². The minimum atomic E-state index is -1.85. The van der Waals surface area contributed by atoms with Gasteiger partial charge in [-0.3, -0.25) is 20.1 Å². The summed E-state index contributed by atoms with van der Waals surface area (Å²) in [5.74, 6) is -0.120. The lowest BCUT2D eigenvalue weighted by Gasteiger charge is -2.24. The van der Waals surface area contributed by atoms with Crippen molar-refractivity contribution in [3.63, 3.8) is 0 Å². The topological polar surface area (TPSA) is 165 Å². The van der Waals surface area contributed by atoms with Crippen molar-refractivity contribution in [1.82, 2.24) is 19.5 Å². The van der Waals surface area contributed by atoms with E-state index in [1.54, 1.807) is 0 Å². The third-order valence-electron chi connectivity index (χ3n) is 3.13. The molecule has 0 amide bonds. The van der Waals surface area contributed by atoms with E-state index in [2.05, 4.69) is 15.0 Å². The van der Waals surface area contributed by atoms with Gasteiger partial charge < -0.3 is 20.7 Å². The Labute approximate surface area is 113 Å². The first-order valence-electron chi connectivity index (χ1n) is 6.36. The van der Waals surface area contributed by atoms with Gasteiger partial charge in [-0.15, -0.1) is 0 Å². The van der Waals surface area contributed by atoms with E-state index < -0.39 is 30.2 Å². The molecule has 10 nitrogen and oxygen atoms in total. The molecule has 2 aromatic rings. The number of aliphatic hydroxyl groups is 2. The summed E-state index contributed by atoms with van der Waals surface area (Å²) in [5, 5.41) is 19.5. The van der Waals surface area contributed by atoms with Crippen molar-refractivity contribution in [3.05, 3.63) is 16.7 Å². The molecule has 4 atom stereocenters. The number of aromatic nitrogens is 4. The van der Waals surface area contributed by atoms with Gasteiger partial charge >= 0.3 is 0 Å². The molecule has 20 heavy (non-hydrogen) atoms. The lowest BCUT2D eigenvalue weighted by atomic mass is 10.1. The number of hydrogen-bond donors (Lipinski definition) is 5. The van der Waals surface area contributed by atoms with Crippen LogP contribution in [0.15, 0.2) is 11.1 Å². The third-order valence-corrected chi connectivity index (χ3v) is 3.13. The zero-order valence-electron chi connectivity index (χ0n) is 11.2. The number of nitrogens with two attached hydrogens (primary N) is 2. The second-order valence-electron chi connectivity index (χ2n) is 4.65. The minimum absolute atomic E-state index is 0.0125. The minimum Gasteiger partial charge on any atom is -0.394 e. The van der Waals surface area contributed by atoms with Crippen LogP contribution in [-0.4, -0.2) is 48.1 Å². The van der Waals surface area contributed by atoms with Crippen molar-refractivity contribution >= 4 is 17.1 Å². The van der Waals surface area contributed by atoms with Gasteiger partial charge in [0, 0.05) is 6.42 Å². The molecule has 0 spiro atoms.